The smallest absolute Gasteiger partial charge is 0.410 e. The van der Waals surface area contributed by atoms with E-state index in [2.05, 4.69) is 31.8 Å². The van der Waals surface area contributed by atoms with Crippen LogP contribution in [0, 0.1) is 5.41 Å². The number of allylic oxidation sites excluding steroid dienone is 3. The lowest BCUT2D eigenvalue weighted by Gasteiger charge is -2.28. The molecule has 1 amide bonds. The summed E-state index contributed by atoms with van der Waals surface area (Å²) in [6.45, 7) is 13.1. The fourth-order valence-electron chi connectivity index (χ4n) is 2.91. The van der Waals surface area contributed by atoms with Gasteiger partial charge in [0.05, 0.1) is 12.2 Å². The highest BCUT2D eigenvalue weighted by molar-refractivity contribution is 6.30. The Kier molecular flexibility index (Phi) is 7.75. The van der Waals surface area contributed by atoms with Crippen molar-refractivity contribution in [3.8, 4) is 5.75 Å². The molecular formula is C23H33ClN2O3. The fraction of sp³-hybridized carbons (Fsp3) is 0.565. The van der Waals surface area contributed by atoms with Gasteiger partial charge in [-0.2, -0.15) is 0 Å². The summed E-state index contributed by atoms with van der Waals surface area (Å²) in [5.41, 5.74) is 0.408. The van der Waals surface area contributed by atoms with Gasteiger partial charge in [0.2, 0.25) is 0 Å². The molecule has 0 unspecified atom stereocenters. The summed E-state index contributed by atoms with van der Waals surface area (Å²) in [5.74, 6) is 0.630. The largest absolute Gasteiger partial charge is 0.490 e. The Labute approximate surface area is 179 Å². The molecule has 1 saturated heterocycles. The number of ether oxygens (including phenoxy) is 2. The highest BCUT2D eigenvalue weighted by atomic mass is 35.5. The van der Waals surface area contributed by atoms with Crippen LogP contribution in [0.4, 0.5) is 4.79 Å². The zero-order chi connectivity index (χ0) is 21.7. The van der Waals surface area contributed by atoms with Crippen molar-refractivity contribution < 1.29 is 14.3 Å². The molecule has 0 radical (unpaired) electrons. The van der Waals surface area contributed by atoms with Gasteiger partial charge in [-0.05, 0) is 45.1 Å². The van der Waals surface area contributed by atoms with E-state index in [1.54, 1.807) is 11.1 Å². The van der Waals surface area contributed by atoms with Crippen LogP contribution >= 0.6 is 11.6 Å². The topological polar surface area (TPSA) is 51.7 Å². The first kappa shape index (κ1) is 23.3. The van der Waals surface area contributed by atoms with Crippen LogP contribution in [0.3, 0.4) is 0 Å². The van der Waals surface area contributed by atoms with Crippen LogP contribution in [0.1, 0.15) is 59.9 Å². The zero-order valence-corrected chi connectivity index (χ0v) is 19.1. The van der Waals surface area contributed by atoms with E-state index < -0.39 is 5.60 Å². The van der Waals surface area contributed by atoms with Gasteiger partial charge in [0.1, 0.15) is 23.1 Å². The van der Waals surface area contributed by atoms with Crippen LogP contribution in [0.2, 0.25) is 5.15 Å². The van der Waals surface area contributed by atoms with Gasteiger partial charge in [-0.1, -0.05) is 56.7 Å². The van der Waals surface area contributed by atoms with E-state index in [0.29, 0.717) is 24.1 Å². The predicted octanol–water partition coefficient (Wildman–Crippen LogP) is 6.13. The van der Waals surface area contributed by atoms with Gasteiger partial charge in [-0.3, -0.25) is 0 Å². The molecule has 29 heavy (non-hydrogen) atoms. The summed E-state index contributed by atoms with van der Waals surface area (Å²) in [6, 6.07) is 1.86. The van der Waals surface area contributed by atoms with E-state index in [-0.39, 0.29) is 17.6 Å². The van der Waals surface area contributed by atoms with Gasteiger partial charge in [-0.25, -0.2) is 9.78 Å². The predicted molar refractivity (Wildman–Crippen MR) is 118 cm³/mol. The van der Waals surface area contributed by atoms with Crippen LogP contribution in [-0.4, -0.2) is 40.8 Å². The monoisotopic (exact) mass is 420 g/mol. The quantitative estimate of drug-likeness (QED) is 0.424. The Bertz CT molecular complexity index is 760. The molecule has 1 atom stereocenters. The van der Waals surface area contributed by atoms with Crippen LogP contribution in [0.25, 0.3) is 6.08 Å². The molecule has 1 aromatic heterocycles. The van der Waals surface area contributed by atoms with Gasteiger partial charge >= 0.3 is 6.09 Å². The maximum atomic E-state index is 12.4. The third-order valence-electron chi connectivity index (χ3n) is 4.27. The normalized spacial score (nSPS) is 18.0. The van der Waals surface area contributed by atoms with Gasteiger partial charge in [0.25, 0.3) is 0 Å². The first-order chi connectivity index (χ1) is 13.4. The van der Waals surface area contributed by atoms with Gasteiger partial charge < -0.3 is 14.4 Å². The third kappa shape index (κ3) is 8.09. The number of pyridine rings is 1. The molecule has 1 aromatic rings. The number of carbonyl (C=O) groups excluding carboxylic acids is 1. The van der Waals surface area contributed by atoms with Crippen molar-refractivity contribution in [1.82, 2.24) is 9.88 Å². The second-order valence-electron chi connectivity index (χ2n) is 9.42. The number of hydrogen-bond acceptors (Lipinski definition) is 4. The summed E-state index contributed by atoms with van der Waals surface area (Å²) in [7, 11) is 0. The molecule has 5 nitrogen and oxygen atoms in total. The maximum absolute atomic E-state index is 12.4. The summed E-state index contributed by atoms with van der Waals surface area (Å²) in [5, 5.41) is 0.425. The van der Waals surface area contributed by atoms with Gasteiger partial charge in [0, 0.05) is 12.1 Å². The highest BCUT2D eigenvalue weighted by Gasteiger charge is 2.32. The van der Waals surface area contributed by atoms with Crippen LogP contribution in [0.15, 0.2) is 30.5 Å². The molecule has 0 saturated carbocycles. The second kappa shape index (κ2) is 9.66. The number of rotatable bonds is 5. The minimum absolute atomic E-state index is 0.00533. The summed E-state index contributed by atoms with van der Waals surface area (Å²) < 4.78 is 11.4. The standard InChI is InChI=1S/C23H33ClN2O3/c1-22(2,3)12-8-7-10-17-14-19(15-25-20(17)24)28-16-18-11-9-13-26(18)21(27)29-23(4,5)6/h7-8,10,12,14-15,18H,9,11,13,16H2,1-6H3/t18-/m1/s1. The number of likely N-dealkylation sites (tertiary alicyclic amines) is 1. The first-order valence-corrected chi connectivity index (χ1v) is 10.5. The SMILES string of the molecule is CC(C)(C)C=CC=Cc1cc(OC[C@H]2CCCN2C(=O)OC(C)(C)C)cnc1Cl. The Balaban J connectivity index is 1.99. The molecule has 0 spiro atoms. The second-order valence-corrected chi connectivity index (χ2v) is 9.77. The fourth-order valence-corrected chi connectivity index (χ4v) is 3.07. The molecule has 2 rings (SSSR count). The van der Waals surface area contributed by atoms with Crippen molar-refractivity contribution in [2.45, 2.75) is 66.0 Å². The molecular weight excluding hydrogens is 388 g/mol. The van der Waals surface area contributed by atoms with Crippen LogP contribution < -0.4 is 4.74 Å². The lowest BCUT2D eigenvalue weighted by atomic mass is 9.96. The Morgan fingerprint density at radius 2 is 2.00 bits per heavy atom. The molecule has 1 aliphatic heterocycles. The molecule has 1 aliphatic rings. The number of nitrogens with zero attached hydrogens (tertiary/aromatic N) is 2. The van der Waals surface area contributed by atoms with E-state index in [9.17, 15) is 4.79 Å². The molecule has 2 heterocycles. The van der Waals surface area contributed by atoms with Gasteiger partial charge in [0.15, 0.2) is 0 Å². The van der Waals surface area contributed by atoms with Crippen molar-refractivity contribution in [2.75, 3.05) is 13.2 Å². The molecule has 0 N–H and O–H groups in total. The Morgan fingerprint density at radius 3 is 2.66 bits per heavy atom. The molecule has 1 fully saturated rings. The maximum Gasteiger partial charge on any atom is 0.410 e. The number of amides is 1. The van der Waals surface area contributed by atoms with E-state index in [4.69, 9.17) is 21.1 Å². The minimum atomic E-state index is -0.506. The molecule has 160 valence electrons. The van der Waals surface area contributed by atoms with Crippen molar-refractivity contribution in [3.05, 3.63) is 41.2 Å². The summed E-state index contributed by atoms with van der Waals surface area (Å²) in [4.78, 5) is 18.4. The van der Waals surface area contributed by atoms with E-state index in [0.717, 1.165) is 18.4 Å². The van der Waals surface area contributed by atoms with Crippen molar-refractivity contribution in [2.24, 2.45) is 5.41 Å². The van der Waals surface area contributed by atoms with Crippen LogP contribution in [0.5, 0.6) is 5.75 Å². The average molecular weight is 421 g/mol. The molecule has 0 bridgehead atoms. The highest BCUT2D eigenvalue weighted by Crippen LogP contribution is 2.24. The Hall–Kier alpha value is -2.01. The minimum Gasteiger partial charge on any atom is -0.490 e. The zero-order valence-electron chi connectivity index (χ0n) is 18.4. The number of hydrogen-bond donors (Lipinski definition) is 0. The van der Waals surface area contributed by atoms with Crippen LogP contribution in [-0.2, 0) is 4.74 Å². The van der Waals surface area contributed by atoms with E-state index >= 15 is 0 Å². The van der Waals surface area contributed by atoms with Crippen molar-refractivity contribution >= 4 is 23.8 Å². The Morgan fingerprint density at radius 1 is 1.28 bits per heavy atom. The summed E-state index contributed by atoms with van der Waals surface area (Å²) >= 11 is 6.21. The third-order valence-corrected chi connectivity index (χ3v) is 4.59. The first-order valence-electron chi connectivity index (χ1n) is 10.1. The van der Waals surface area contributed by atoms with E-state index in [1.165, 1.54) is 0 Å². The van der Waals surface area contributed by atoms with E-state index in [1.807, 2.05) is 45.1 Å². The molecule has 0 aliphatic carbocycles. The number of halogens is 1. The number of aromatic nitrogens is 1. The molecule has 0 aromatic carbocycles. The summed E-state index contributed by atoms with van der Waals surface area (Å²) in [6.07, 6.45) is 11.1. The molecule has 6 heteroatoms. The van der Waals surface area contributed by atoms with Crippen molar-refractivity contribution in [1.29, 1.82) is 0 Å². The van der Waals surface area contributed by atoms with Crippen molar-refractivity contribution in [3.63, 3.8) is 0 Å². The lowest BCUT2D eigenvalue weighted by molar-refractivity contribution is 0.0187. The lowest BCUT2D eigenvalue weighted by Crippen LogP contribution is -2.42. The average Bonchev–Trinajstić information content (AvgIpc) is 3.05. The van der Waals surface area contributed by atoms with Gasteiger partial charge in [-0.15, -0.1) is 0 Å². The number of carbonyl (C=O) groups is 1.